The molecule has 0 aliphatic heterocycles. The molecule has 0 saturated carbocycles. The molecule has 2 aromatic rings. The second-order valence-electron chi connectivity index (χ2n) is 2.93. The standard InChI is InChI=1S/C10H7BrClN/c1-6-4-7-2-3-8(12)5-9(7)13-10(6)11/h2-5H,1H3. The predicted octanol–water partition coefficient (Wildman–Crippen LogP) is 3.96. The lowest BCUT2D eigenvalue weighted by atomic mass is 10.2. The highest BCUT2D eigenvalue weighted by atomic mass is 79.9. The molecule has 0 atom stereocenters. The van der Waals surface area contributed by atoms with E-state index in [1.54, 1.807) is 0 Å². The molecule has 2 rings (SSSR count). The summed E-state index contributed by atoms with van der Waals surface area (Å²) in [5.74, 6) is 0. The first kappa shape index (κ1) is 8.97. The molecule has 1 heterocycles. The SMILES string of the molecule is Cc1cc2ccc(Cl)cc2nc1Br. The maximum atomic E-state index is 5.86. The maximum Gasteiger partial charge on any atom is 0.109 e. The van der Waals surface area contributed by atoms with Gasteiger partial charge in [-0.25, -0.2) is 4.98 Å². The molecule has 1 aromatic heterocycles. The summed E-state index contributed by atoms with van der Waals surface area (Å²) in [4.78, 5) is 4.37. The molecule has 0 radical (unpaired) electrons. The summed E-state index contributed by atoms with van der Waals surface area (Å²) in [6, 6.07) is 7.80. The molecule has 0 N–H and O–H groups in total. The van der Waals surface area contributed by atoms with Crippen LogP contribution in [0.25, 0.3) is 10.9 Å². The topological polar surface area (TPSA) is 12.9 Å². The number of benzene rings is 1. The van der Waals surface area contributed by atoms with Gasteiger partial charge in [-0.2, -0.15) is 0 Å². The first-order valence-corrected chi connectivity index (χ1v) is 5.06. The molecule has 0 spiro atoms. The largest absolute Gasteiger partial charge is 0.241 e. The zero-order chi connectivity index (χ0) is 9.42. The highest BCUT2D eigenvalue weighted by molar-refractivity contribution is 9.10. The van der Waals surface area contributed by atoms with E-state index in [2.05, 4.69) is 27.0 Å². The van der Waals surface area contributed by atoms with Gasteiger partial charge in [-0.05, 0) is 46.6 Å². The molecule has 0 fully saturated rings. The van der Waals surface area contributed by atoms with Gasteiger partial charge in [0.15, 0.2) is 0 Å². The van der Waals surface area contributed by atoms with Gasteiger partial charge in [0.25, 0.3) is 0 Å². The Morgan fingerprint density at radius 1 is 1.31 bits per heavy atom. The van der Waals surface area contributed by atoms with Gasteiger partial charge in [0.1, 0.15) is 4.60 Å². The van der Waals surface area contributed by atoms with E-state index in [1.165, 1.54) is 0 Å². The normalized spacial score (nSPS) is 10.7. The van der Waals surface area contributed by atoms with Crippen LogP contribution < -0.4 is 0 Å². The highest BCUT2D eigenvalue weighted by Gasteiger charge is 2.00. The summed E-state index contributed by atoms with van der Waals surface area (Å²) in [6.07, 6.45) is 0. The van der Waals surface area contributed by atoms with Crippen molar-refractivity contribution in [1.82, 2.24) is 4.98 Å². The van der Waals surface area contributed by atoms with E-state index in [1.807, 2.05) is 25.1 Å². The number of pyridine rings is 1. The van der Waals surface area contributed by atoms with Gasteiger partial charge >= 0.3 is 0 Å². The van der Waals surface area contributed by atoms with Crippen molar-refractivity contribution in [1.29, 1.82) is 0 Å². The molecule has 0 aliphatic rings. The van der Waals surface area contributed by atoms with E-state index >= 15 is 0 Å². The average Bonchev–Trinajstić information content (AvgIpc) is 2.08. The fourth-order valence-corrected chi connectivity index (χ4v) is 1.69. The Morgan fingerprint density at radius 3 is 2.85 bits per heavy atom. The second-order valence-corrected chi connectivity index (χ2v) is 4.12. The number of aryl methyl sites for hydroxylation is 1. The smallest absolute Gasteiger partial charge is 0.109 e. The number of rotatable bonds is 0. The van der Waals surface area contributed by atoms with Crippen LogP contribution in [0.4, 0.5) is 0 Å². The number of halogens is 2. The van der Waals surface area contributed by atoms with Crippen LogP contribution in [-0.2, 0) is 0 Å². The van der Waals surface area contributed by atoms with E-state index in [-0.39, 0.29) is 0 Å². The van der Waals surface area contributed by atoms with Crippen LogP contribution in [0.1, 0.15) is 5.56 Å². The molecule has 0 aliphatic carbocycles. The molecular formula is C10H7BrClN. The zero-order valence-corrected chi connectivity index (χ0v) is 9.35. The van der Waals surface area contributed by atoms with E-state index in [4.69, 9.17) is 11.6 Å². The van der Waals surface area contributed by atoms with E-state index in [9.17, 15) is 0 Å². The summed E-state index contributed by atoms with van der Waals surface area (Å²) in [6.45, 7) is 2.02. The minimum absolute atomic E-state index is 0.718. The number of hydrogen-bond donors (Lipinski definition) is 0. The van der Waals surface area contributed by atoms with Crippen molar-refractivity contribution in [2.24, 2.45) is 0 Å². The lowest BCUT2D eigenvalue weighted by molar-refractivity contribution is 1.28. The summed E-state index contributed by atoms with van der Waals surface area (Å²) in [5, 5.41) is 1.83. The average molecular weight is 257 g/mol. The fraction of sp³-hybridized carbons (Fsp3) is 0.100. The highest BCUT2D eigenvalue weighted by Crippen LogP contribution is 2.22. The first-order chi connectivity index (χ1) is 6.16. The molecule has 0 amide bonds. The van der Waals surface area contributed by atoms with Crippen molar-refractivity contribution < 1.29 is 0 Å². The fourth-order valence-electron chi connectivity index (χ4n) is 1.22. The number of nitrogens with zero attached hydrogens (tertiary/aromatic N) is 1. The zero-order valence-electron chi connectivity index (χ0n) is 7.01. The van der Waals surface area contributed by atoms with E-state index in [0.717, 1.165) is 26.1 Å². The van der Waals surface area contributed by atoms with Crippen molar-refractivity contribution >= 4 is 38.4 Å². The molecule has 0 unspecified atom stereocenters. The molecular weight excluding hydrogens is 249 g/mol. The summed E-state index contributed by atoms with van der Waals surface area (Å²) in [5.41, 5.74) is 2.06. The van der Waals surface area contributed by atoms with Gasteiger partial charge in [0, 0.05) is 10.4 Å². The van der Waals surface area contributed by atoms with Crippen LogP contribution in [0, 0.1) is 6.92 Å². The van der Waals surface area contributed by atoms with Crippen LogP contribution >= 0.6 is 27.5 Å². The Bertz CT molecular complexity index is 468. The summed E-state index contributed by atoms with van der Waals surface area (Å²) in [7, 11) is 0. The van der Waals surface area contributed by atoms with Gasteiger partial charge in [-0.3, -0.25) is 0 Å². The third kappa shape index (κ3) is 1.69. The van der Waals surface area contributed by atoms with Crippen molar-refractivity contribution in [2.45, 2.75) is 6.92 Å². The quantitative estimate of drug-likeness (QED) is 0.650. The monoisotopic (exact) mass is 255 g/mol. The molecule has 0 saturated heterocycles. The van der Waals surface area contributed by atoms with Crippen LogP contribution in [0.15, 0.2) is 28.9 Å². The number of aromatic nitrogens is 1. The Labute approximate surface area is 89.9 Å². The molecule has 3 heteroatoms. The molecule has 1 nitrogen and oxygen atoms in total. The minimum atomic E-state index is 0.718. The van der Waals surface area contributed by atoms with Gasteiger partial charge in [0.05, 0.1) is 5.52 Å². The summed E-state index contributed by atoms with van der Waals surface area (Å²) < 4.78 is 0.877. The summed E-state index contributed by atoms with van der Waals surface area (Å²) >= 11 is 9.24. The van der Waals surface area contributed by atoms with Crippen LogP contribution in [-0.4, -0.2) is 4.98 Å². The lowest BCUT2D eigenvalue weighted by Crippen LogP contribution is -1.84. The molecule has 13 heavy (non-hydrogen) atoms. The van der Waals surface area contributed by atoms with E-state index in [0.29, 0.717) is 0 Å². The first-order valence-electron chi connectivity index (χ1n) is 3.89. The predicted molar refractivity (Wildman–Crippen MR) is 59.2 cm³/mol. The van der Waals surface area contributed by atoms with Crippen LogP contribution in [0.5, 0.6) is 0 Å². The Morgan fingerprint density at radius 2 is 2.08 bits per heavy atom. The van der Waals surface area contributed by atoms with Crippen molar-refractivity contribution in [3.05, 3.63) is 39.5 Å². The number of hydrogen-bond acceptors (Lipinski definition) is 1. The third-order valence-corrected chi connectivity index (χ3v) is 2.95. The van der Waals surface area contributed by atoms with Gasteiger partial charge in [-0.15, -0.1) is 0 Å². The van der Waals surface area contributed by atoms with E-state index < -0.39 is 0 Å². The third-order valence-electron chi connectivity index (χ3n) is 1.91. The van der Waals surface area contributed by atoms with Crippen molar-refractivity contribution in [3.63, 3.8) is 0 Å². The maximum absolute atomic E-state index is 5.86. The van der Waals surface area contributed by atoms with Crippen LogP contribution in [0.2, 0.25) is 5.02 Å². The molecule has 1 aromatic carbocycles. The van der Waals surface area contributed by atoms with Gasteiger partial charge in [-0.1, -0.05) is 17.7 Å². The van der Waals surface area contributed by atoms with Crippen molar-refractivity contribution in [2.75, 3.05) is 0 Å². The second kappa shape index (κ2) is 3.28. The van der Waals surface area contributed by atoms with Gasteiger partial charge < -0.3 is 0 Å². The van der Waals surface area contributed by atoms with Crippen LogP contribution in [0.3, 0.4) is 0 Å². The van der Waals surface area contributed by atoms with Gasteiger partial charge in [0.2, 0.25) is 0 Å². The van der Waals surface area contributed by atoms with Crippen molar-refractivity contribution in [3.8, 4) is 0 Å². The lowest BCUT2D eigenvalue weighted by Gasteiger charge is -2.01. The molecule has 66 valence electrons. The Balaban J connectivity index is 2.81. The number of fused-ring (bicyclic) bond motifs is 1. The Hall–Kier alpha value is -0.600. The molecule has 0 bridgehead atoms. The Kier molecular flexibility index (Phi) is 2.26. The minimum Gasteiger partial charge on any atom is -0.241 e.